The van der Waals surface area contributed by atoms with E-state index < -0.39 is 10.9 Å². The van der Waals surface area contributed by atoms with Crippen molar-refractivity contribution in [2.24, 2.45) is 0 Å². The fourth-order valence-corrected chi connectivity index (χ4v) is 2.12. The van der Waals surface area contributed by atoms with Crippen LogP contribution in [0.2, 0.25) is 0 Å². The number of hydrogen-bond donors (Lipinski definition) is 0. The molecule has 0 aliphatic rings. The number of fused-ring (bicyclic) bond motifs is 2. The van der Waals surface area contributed by atoms with Crippen molar-refractivity contribution in [3.8, 4) is 0 Å². The molecule has 3 aromatic rings. The third kappa shape index (κ3) is 1.59. The quantitative estimate of drug-likeness (QED) is 0.560. The summed E-state index contributed by atoms with van der Waals surface area (Å²) in [5, 5.41) is 2.50. The largest absolute Gasteiger partial charge is 0.285 e. The molecule has 0 saturated heterocycles. The Bertz CT molecular complexity index is 793. The van der Waals surface area contributed by atoms with Crippen LogP contribution in [0.5, 0.6) is 0 Å². The Morgan fingerprint density at radius 2 is 0.889 bits per heavy atom. The van der Waals surface area contributed by atoms with E-state index in [1.54, 1.807) is 24.3 Å². The zero-order valence-electron chi connectivity index (χ0n) is 9.59. The lowest BCUT2D eigenvalue weighted by Crippen LogP contribution is -2.21. The average molecular weight is 234 g/mol. The molecule has 0 heterocycles. The molecule has 0 bridgehead atoms. The standard InChI is InChI=1S/C16H10O2/c17-15-13-7-3-1-5-11(13)9-10-12-6-2-4-8-14(12)16(15)18/h1-10H. The van der Waals surface area contributed by atoms with Crippen LogP contribution in [0.25, 0.3) is 21.5 Å². The number of benzene rings is 2. The second kappa shape index (κ2) is 4.08. The van der Waals surface area contributed by atoms with Gasteiger partial charge >= 0.3 is 0 Å². The van der Waals surface area contributed by atoms with Crippen molar-refractivity contribution in [3.05, 3.63) is 81.1 Å². The molecule has 0 aliphatic heterocycles. The Morgan fingerprint density at radius 3 is 1.33 bits per heavy atom. The first-order valence-corrected chi connectivity index (χ1v) is 5.72. The van der Waals surface area contributed by atoms with Gasteiger partial charge in [-0.2, -0.15) is 0 Å². The minimum Gasteiger partial charge on any atom is -0.285 e. The molecule has 0 radical (unpaired) electrons. The molecule has 3 rings (SSSR count). The number of rotatable bonds is 0. The molecule has 0 saturated carbocycles. The Balaban J connectivity index is 2.70. The number of hydrogen-bond acceptors (Lipinski definition) is 2. The summed E-state index contributed by atoms with van der Waals surface area (Å²) in [6, 6.07) is 18.0. The van der Waals surface area contributed by atoms with Gasteiger partial charge in [0.25, 0.3) is 0 Å². The van der Waals surface area contributed by atoms with Crippen LogP contribution in [0.15, 0.2) is 70.3 Å². The van der Waals surface area contributed by atoms with Crippen molar-refractivity contribution >= 4 is 21.5 Å². The van der Waals surface area contributed by atoms with E-state index in [1.165, 1.54) is 0 Å². The first-order valence-electron chi connectivity index (χ1n) is 5.72. The molecule has 2 nitrogen and oxygen atoms in total. The summed E-state index contributed by atoms with van der Waals surface area (Å²) >= 11 is 0. The lowest BCUT2D eigenvalue weighted by Gasteiger charge is -1.95. The summed E-state index contributed by atoms with van der Waals surface area (Å²) in [5.74, 6) is 0. The summed E-state index contributed by atoms with van der Waals surface area (Å²) < 4.78 is 0. The van der Waals surface area contributed by atoms with Gasteiger partial charge in [0.05, 0.1) is 0 Å². The highest BCUT2D eigenvalue weighted by Gasteiger charge is 2.02. The van der Waals surface area contributed by atoms with Gasteiger partial charge in [0, 0.05) is 10.8 Å². The maximum absolute atomic E-state index is 12.2. The monoisotopic (exact) mass is 234 g/mol. The van der Waals surface area contributed by atoms with E-state index in [0.717, 1.165) is 10.8 Å². The van der Waals surface area contributed by atoms with E-state index in [-0.39, 0.29) is 0 Å². The SMILES string of the molecule is O=c1c(=O)c2ccccc2ccc2ccccc12. The van der Waals surface area contributed by atoms with Crippen LogP contribution in [-0.2, 0) is 0 Å². The van der Waals surface area contributed by atoms with Crippen LogP contribution in [-0.4, -0.2) is 0 Å². The highest BCUT2D eigenvalue weighted by Crippen LogP contribution is 2.11. The topological polar surface area (TPSA) is 34.1 Å². The van der Waals surface area contributed by atoms with Crippen molar-refractivity contribution in [2.45, 2.75) is 0 Å². The van der Waals surface area contributed by atoms with Crippen molar-refractivity contribution in [3.63, 3.8) is 0 Å². The van der Waals surface area contributed by atoms with E-state index in [2.05, 4.69) is 0 Å². The third-order valence-corrected chi connectivity index (χ3v) is 3.06. The average Bonchev–Trinajstić information content (AvgIpc) is 2.43. The van der Waals surface area contributed by atoms with E-state index >= 15 is 0 Å². The summed E-state index contributed by atoms with van der Waals surface area (Å²) in [5.41, 5.74) is -0.884. The molecule has 0 atom stereocenters. The van der Waals surface area contributed by atoms with E-state index in [0.29, 0.717) is 10.8 Å². The lowest BCUT2D eigenvalue weighted by molar-refractivity contribution is 1.59. The molecule has 0 fully saturated rings. The second-order valence-corrected chi connectivity index (χ2v) is 4.17. The van der Waals surface area contributed by atoms with Crippen LogP contribution in [0, 0.1) is 0 Å². The van der Waals surface area contributed by atoms with Gasteiger partial charge in [-0.25, -0.2) is 0 Å². The van der Waals surface area contributed by atoms with Gasteiger partial charge in [-0.3, -0.25) is 9.59 Å². The third-order valence-electron chi connectivity index (χ3n) is 3.06. The fraction of sp³-hybridized carbons (Fsp3) is 0. The molecule has 0 N–H and O–H groups in total. The predicted molar refractivity (Wildman–Crippen MR) is 74.0 cm³/mol. The van der Waals surface area contributed by atoms with Crippen molar-refractivity contribution < 1.29 is 0 Å². The summed E-state index contributed by atoms with van der Waals surface area (Å²) in [6.45, 7) is 0. The summed E-state index contributed by atoms with van der Waals surface area (Å²) in [4.78, 5) is 24.3. The van der Waals surface area contributed by atoms with Crippen LogP contribution in [0.3, 0.4) is 0 Å². The zero-order valence-corrected chi connectivity index (χ0v) is 9.59. The molecule has 2 heteroatoms. The Kier molecular flexibility index (Phi) is 2.41. The predicted octanol–water partition coefficient (Wildman–Crippen LogP) is 2.71. The van der Waals surface area contributed by atoms with Crippen LogP contribution in [0.4, 0.5) is 0 Å². The van der Waals surface area contributed by atoms with Gasteiger partial charge in [0.2, 0.25) is 10.9 Å². The smallest absolute Gasteiger partial charge is 0.234 e. The Labute approximate surface area is 103 Å². The molecular formula is C16H10O2. The van der Waals surface area contributed by atoms with Gasteiger partial charge < -0.3 is 0 Å². The minimum atomic E-state index is -0.442. The highest BCUT2D eigenvalue weighted by atomic mass is 16.2. The molecule has 0 amide bonds. The molecule has 86 valence electrons. The molecule has 3 aromatic carbocycles. The van der Waals surface area contributed by atoms with Crippen LogP contribution in [0.1, 0.15) is 0 Å². The maximum atomic E-state index is 12.2. The molecule has 0 aliphatic carbocycles. The first-order chi connectivity index (χ1) is 8.77. The van der Waals surface area contributed by atoms with E-state index in [9.17, 15) is 9.59 Å². The summed E-state index contributed by atoms with van der Waals surface area (Å²) in [6.07, 6.45) is 0. The molecular weight excluding hydrogens is 224 g/mol. The van der Waals surface area contributed by atoms with E-state index in [1.807, 2.05) is 36.4 Å². The van der Waals surface area contributed by atoms with Gasteiger partial charge in [-0.05, 0) is 10.8 Å². The van der Waals surface area contributed by atoms with Crippen molar-refractivity contribution in [2.75, 3.05) is 0 Å². The second-order valence-electron chi connectivity index (χ2n) is 4.17. The highest BCUT2D eigenvalue weighted by molar-refractivity contribution is 5.87. The summed E-state index contributed by atoms with van der Waals surface area (Å²) in [7, 11) is 0. The van der Waals surface area contributed by atoms with Crippen molar-refractivity contribution in [1.29, 1.82) is 0 Å². The minimum absolute atomic E-state index is 0.442. The Hall–Kier alpha value is -2.48. The van der Waals surface area contributed by atoms with Gasteiger partial charge in [-0.15, -0.1) is 0 Å². The molecule has 18 heavy (non-hydrogen) atoms. The first kappa shape index (κ1) is 10.7. The van der Waals surface area contributed by atoms with Gasteiger partial charge in [0.1, 0.15) is 0 Å². The normalized spacial score (nSPS) is 10.7. The molecule has 0 aromatic heterocycles. The lowest BCUT2D eigenvalue weighted by atomic mass is 10.1. The van der Waals surface area contributed by atoms with E-state index in [4.69, 9.17) is 0 Å². The van der Waals surface area contributed by atoms with Gasteiger partial charge in [-0.1, -0.05) is 60.7 Å². The molecule has 0 spiro atoms. The molecule has 0 unspecified atom stereocenters. The van der Waals surface area contributed by atoms with Gasteiger partial charge in [0.15, 0.2) is 0 Å². The van der Waals surface area contributed by atoms with Crippen LogP contribution < -0.4 is 10.9 Å². The zero-order chi connectivity index (χ0) is 12.5. The Morgan fingerprint density at radius 1 is 0.500 bits per heavy atom. The van der Waals surface area contributed by atoms with Crippen LogP contribution >= 0.6 is 0 Å². The fourth-order valence-electron chi connectivity index (χ4n) is 2.12. The van der Waals surface area contributed by atoms with Crippen molar-refractivity contribution in [1.82, 2.24) is 0 Å². The maximum Gasteiger partial charge on any atom is 0.234 e.